The lowest BCUT2D eigenvalue weighted by Gasteiger charge is -2.23. The van der Waals surface area contributed by atoms with Gasteiger partial charge in [-0.1, -0.05) is 0 Å². The van der Waals surface area contributed by atoms with Gasteiger partial charge in [0, 0.05) is 31.4 Å². The summed E-state index contributed by atoms with van der Waals surface area (Å²) in [6.07, 6.45) is 2.96. The first kappa shape index (κ1) is 11.1. The molecule has 1 aromatic rings. The molecule has 0 aromatic carbocycles. The number of nitrogen functional groups attached to an aromatic ring is 1. The van der Waals surface area contributed by atoms with Crippen LogP contribution in [0.3, 0.4) is 0 Å². The van der Waals surface area contributed by atoms with Gasteiger partial charge >= 0.3 is 0 Å². The van der Waals surface area contributed by atoms with Gasteiger partial charge in [-0.05, 0) is 26.9 Å². The SMILES string of the molecule is Cc1cnc(N)nc1N1CCCN(C)CC1. The summed E-state index contributed by atoms with van der Waals surface area (Å²) in [6, 6.07) is 0. The summed E-state index contributed by atoms with van der Waals surface area (Å²) in [5.41, 5.74) is 6.74. The average molecular weight is 221 g/mol. The average Bonchev–Trinajstić information content (AvgIpc) is 2.47. The molecule has 0 atom stereocenters. The monoisotopic (exact) mass is 221 g/mol. The minimum atomic E-state index is 0.359. The van der Waals surface area contributed by atoms with E-state index in [2.05, 4.69) is 26.8 Å². The third-order valence-corrected chi connectivity index (χ3v) is 2.98. The van der Waals surface area contributed by atoms with Gasteiger partial charge in [-0.3, -0.25) is 0 Å². The highest BCUT2D eigenvalue weighted by Crippen LogP contribution is 2.18. The second kappa shape index (κ2) is 4.65. The Morgan fingerprint density at radius 3 is 2.88 bits per heavy atom. The quantitative estimate of drug-likeness (QED) is 0.748. The van der Waals surface area contributed by atoms with Crippen LogP contribution in [0.15, 0.2) is 6.20 Å². The molecule has 0 spiro atoms. The maximum absolute atomic E-state index is 5.64. The molecule has 2 rings (SSSR count). The van der Waals surface area contributed by atoms with Gasteiger partial charge in [-0.2, -0.15) is 4.98 Å². The molecule has 16 heavy (non-hydrogen) atoms. The molecule has 1 fully saturated rings. The van der Waals surface area contributed by atoms with E-state index in [4.69, 9.17) is 5.73 Å². The molecule has 1 saturated heterocycles. The zero-order chi connectivity index (χ0) is 11.5. The van der Waals surface area contributed by atoms with Gasteiger partial charge in [0.25, 0.3) is 0 Å². The van der Waals surface area contributed by atoms with Crippen molar-refractivity contribution in [3.63, 3.8) is 0 Å². The maximum Gasteiger partial charge on any atom is 0.221 e. The fourth-order valence-electron chi connectivity index (χ4n) is 2.02. The Morgan fingerprint density at radius 1 is 1.25 bits per heavy atom. The Morgan fingerprint density at radius 2 is 2.06 bits per heavy atom. The number of aromatic nitrogens is 2. The van der Waals surface area contributed by atoms with E-state index in [1.807, 2.05) is 6.92 Å². The summed E-state index contributed by atoms with van der Waals surface area (Å²) in [4.78, 5) is 13.0. The van der Waals surface area contributed by atoms with Gasteiger partial charge < -0.3 is 15.5 Å². The summed E-state index contributed by atoms with van der Waals surface area (Å²) in [5.74, 6) is 1.35. The Kier molecular flexibility index (Phi) is 3.24. The number of likely N-dealkylation sites (N-methyl/N-ethyl adjacent to an activating group) is 1. The van der Waals surface area contributed by atoms with Crippen LogP contribution in [0.25, 0.3) is 0 Å². The maximum atomic E-state index is 5.64. The zero-order valence-electron chi connectivity index (χ0n) is 9.98. The molecule has 0 bridgehead atoms. The van der Waals surface area contributed by atoms with Crippen molar-refractivity contribution in [1.82, 2.24) is 14.9 Å². The highest BCUT2D eigenvalue weighted by Gasteiger charge is 2.15. The van der Waals surface area contributed by atoms with E-state index in [1.165, 1.54) is 6.42 Å². The number of hydrogen-bond donors (Lipinski definition) is 1. The lowest BCUT2D eigenvalue weighted by molar-refractivity contribution is 0.360. The van der Waals surface area contributed by atoms with Crippen LogP contribution in [0.5, 0.6) is 0 Å². The van der Waals surface area contributed by atoms with Gasteiger partial charge in [0.2, 0.25) is 5.95 Å². The second-order valence-electron chi connectivity index (χ2n) is 4.38. The largest absolute Gasteiger partial charge is 0.368 e. The van der Waals surface area contributed by atoms with Crippen LogP contribution >= 0.6 is 0 Å². The third kappa shape index (κ3) is 2.41. The second-order valence-corrected chi connectivity index (χ2v) is 4.38. The molecule has 0 saturated carbocycles. The van der Waals surface area contributed by atoms with Crippen molar-refractivity contribution in [1.29, 1.82) is 0 Å². The molecule has 0 aliphatic carbocycles. The van der Waals surface area contributed by atoms with Crippen molar-refractivity contribution >= 4 is 11.8 Å². The van der Waals surface area contributed by atoms with E-state index in [9.17, 15) is 0 Å². The lowest BCUT2D eigenvalue weighted by Crippen LogP contribution is -2.30. The third-order valence-electron chi connectivity index (χ3n) is 2.98. The van der Waals surface area contributed by atoms with E-state index < -0.39 is 0 Å². The van der Waals surface area contributed by atoms with E-state index in [0.29, 0.717) is 5.95 Å². The summed E-state index contributed by atoms with van der Waals surface area (Å²) < 4.78 is 0. The highest BCUT2D eigenvalue weighted by molar-refractivity contribution is 5.48. The zero-order valence-corrected chi connectivity index (χ0v) is 9.98. The van der Waals surface area contributed by atoms with Gasteiger partial charge in [-0.15, -0.1) is 0 Å². The minimum absolute atomic E-state index is 0.359. The Balaban J connectivity index is 2.19. The first-order chi connectivity index (χ1) is 7.66. The van der Waals surface area contributed by atoms with Crippen LogP contribution in [-0.4, -0.2) is 48.1 Å². The standard InChI is InChI=1S/C11H19N5/c1-9-8-13-11(12)14-10(9)16-5-3-4-15(2)6-7-16/h8H,3-7H2,1-2H3,(H2,12,13,14). The fourth-order valence-corrected chi connectivity index (χ4v) is 2.02. The Bertz CT molecular complexity index is 365. The molecule has 88 valence electrons. The summed E-state index contributed by atoms with van der Waals surface area (Å²) in [6.45, 7) is 6.30. The molecule has 5 nitrogen and oxygen atoms in total. The molecular weight excluding hydrogens is 202 g/mol. The number of nitrogens with zero attached hydrogens (tertiary/aromatic N) is 4. The number of nitrogens with two attached hydrogens (primary N) is 1. The number of hydrogen-bond acceptors (Lipinski definition) is 5. The van der Waals surface area contributed by atoms with Crippen LogP contribution in [0.2, 0.25) is 0 Å². The van der Waals surface area contributed by atoms with Crippen molar-refractivity contribution in [2.24, 2.45) is 0 Å². The predicted molar refractivity (Wildman–Crippen MR) is 65.5 cm³/mol. The minimum Gasteiger partial charge on any atom is -0.368 e. The van der Waals surface area contributed by atoms with Gasteiger partial charge in [0.15, 0.2) is 0 Å². The molecule has 5 heteroatoms. The molecule has 0 amide bonds. The van der Waals surface area contributed by atoms with Crippen molar-refractivity contribution < 1.29 is 0 Å². The van der Waals surface area contributed by atoms with Crippen molar-refractivity contribution in [3.8, 4) is 0 Å². The lowest BCUT2D eigenvalue weighted by atomic mass is 10.3. The Labute approximate surface area is 96.3 Å². The summed E-state index contributed by atoms with van der Waals surface area (Å²) in [5, 5.41) is 0. The smallest absolute Gasteiger partial charge is 0.221 e. The normalized spacial score (nSPS) is 18.5. The first-order valence-corrected chi connectivity index (χ1v) is 5.69. The van der Waals surface area contributed by atoms with E-state index in [1.54, 1.807) is 6.20 Å². The van der Waals surface area contributed by atoms with Gasteiger partial charge in [0.1, 0.15) is 5.82 Å². The van der Waals surface area contributed by atoms with Crippen LogP contribution in [0.1, 0.15) is 12.0 Å². The molecule has 2 N–H and O–H groups in total. The van der Waals surface area contributed by atoms with E-state index in [-0.39, 0.29) is 0 Å². The van der Waals surface area contributed by atoms with Crippen LogP contribution in [0, 0.1) is 6.92 Å². The number of aryl methyl sites for hydroxylation is 1. The molecule has 1 aliphatic heterocycles. The Hall–Kier alpha value is -1.36. The van der Waals surface area contributed by atoms with Crippen molar-refractivity contribution in [2.75, 3.05) is 43.9 Å². The van der Waals surface area contributed by atoms with Crippen molar-refractivity contribution in [2.45, 2.75) is 13.3 Å². The number of anilines is 2. The topological polar surface area (TPSA) is 58.3 Å². The van der Waals surface area contributed by atoms with Crippen LogP contribution < -0.4 is 10.6 Å². The summed E-state index contributed by atoms with van der Waals surface area (Å²) >= 11 is 0. The van der Waals surface area contributed by atoms with Crippen LogP contribution in [-0.2, 0) is 0 Å². The molecule has 1 aromatic heterocycles. The fraction of sp³-hybridized carbons (Fsp3) is 0.636. The number of rotatable bonds is 1. The van der Waals surface area contributed by atoms with Gasteiger partial charge in [0.05, 0.1) is 0 Å². The molecule has 0 unspecified atom stereocenters. The molecule has 1 aliphatic rings. The molecular formula is C11H19N5. The first-order valence-electron chi connectivity index (χ1n) is 5.69. The molecule has 0 radical (unpaired) electrons. The van der Waals surface area contributed by atoms with E-state index in [0.717, 1.165) is 37.6 Å². The van der Waals surface area contributed by atoms with Crippen LogP contribution in [0.4, 0.5) is 11.8 Å². The van der Waals surface area contributed by atoms with Crippen molar-refractivity contribution in [3.05, 3.63) is 11.8 Å². The molecule has 2 heterocycles. The summed E-state index contributed by atoms with van der Waals surface area (Å²) in [7, 11) is 2.16. The van der Waals surface area contributed by atoms with E-state index >= 15 is 0 Å². The highest BCUT2D eigenvalue weighted by atomic mass is 15.3. The predicted octanol–water partition coefficient (Wildman–Crippen LogP) is 0.509. The van der Waals surface area contributed by atoms with Gasteiger partial charge in [-0.25, -0.2) is 4.98 Å².